The number of amidine groups is 1. The second kappa shape index (κ2) is 13.5. The molecule has 0 aliphatic carbocycles. The molecule has 7 N–H and O–H groups in total. The molecule has 1 aromatic carbocycles. The number of halogens is 3. The van der Waals surface area contributed by atoms with E-state index in [1.165, 1.54) is 0 Å². The van der Waals surface area contributed by atoms with Gasteiger partial charge in [0.1, 0.15) is 18.0 Å². The molecule has 0 radical (unpaired) electrons. The van der Waals surface area contributed by atoms with Crippen molar-refractivity contribution in [2.24, 2.45) is 10.9 Å². The van der Waals surface area contributed by atoms with Gasteiger partial charge < -0.3 is 26.1 Å². The average Bonchev–Trinajstić information content (AvgIpc) is 3.24. The number of carboxylic acid groups (broad SMARTS) is 2. The highest BCUT2D eigenvalue weighted by molar-refractivity contribution is 7.89. The van der Waals surface area contributed by atoms with Crippen LogP contribution in [0.2, 0.25) is 0 Å². The number of carboxylic acids is 2. The van der Waals surface area contributed by atoms with Gasteiger partial charge in [0.25, 0.3) is 0 Å². The van der Waals surface area contributed by atoms with Crippen molar-refractivity contribution in [1.82, 2.24) is 10.0 Å². The molecule has 0 bridgehead atoms. The third kappa shape index (κ3) is 11.2. The first-order valence-electron chi connectivity index (χ1n) is 10.5. The van der Waals surface area contributed by atoms with E-state index in [-0.39, 0.29) is 24.6 Å². The van der Waals surface area contributed by atoms with Crippen LogP contribution in [0.25, 0.3) is 0 Å². The van der Waals surface area contributed by atoms with E-state index in [0.29, 0.717) is 24.1 Å². The van der Waals surface area contributed by atoms with Crippen LogP contribution in [0, 0.1) is 5.41 Å². The van der Waals surface area contributed by atoms with Crippen molar-refractivity contribution in [2.45, 2.75) is 44.5 Å². The molecule has 17 heteroatoms. The van der Waals surface area contributed by atoms with E-state index in [0.717, 1.165) is 5.56 Å². The van der Waals surface area contributed by atoms with Crippen LogP contribution in [0.3, 0.4) is 0 Å². The van der Waals surface area contributed by atoms with Gasteiger partial charge in [-0.05, 0) is 12.0 Å². The van der Waals surface area contributed by atoms with Gasteiger partial charge >= 0.3 is 18.1 Å². The van der Waals surface area contributed by atoms with Crippen LogP contribution in [0.5, 0.6) is 0 Å². The van der Waals surface area contributed by atoms with E-state index in [1.54, 1.807) is 31.2 Å². The van der Waals surface area contributed by atoms with E-state index in [1.807, 2.05) is 0 Å². The summed E-state index contributed by atoms with van der Waals surface area (Å²) >= 11 is 0. The molecule has 1 aliphatic heterocycles. The van der Waals surface area contributed by atoms with Crippen molar-refractivity contribution >= 4 is 39.4 Å². The first-order valence-corrected chi connectivity index (χ1v) is 12.2. The Morgan fingerprint density at radius 2 is 1.81 bits per heavy atom. The molecule has 1 heterocycles. The molecule has 0 aromatic heterocycles. The van der Waals surface area contributed by atoms with Crippen LogP contribution >= 0.6 is 0 Å². The number of amides is 1. The maximum atomic E-state index is 12.1. The molecule has 37 heavy (non-hydrogen) atoms. The van der Waals surface area contributed by atoms with Crippen LogP contribution in [0.15, 0.2) is 29.4 Å². The normalized spacial score (nSPS) is 15.9. The molecule has 1 aliphatic rings. The van der Waals surface area contributed by atoms with Gasteiger partial charge in [-0.2, -0.15) is 17.9 Å². The predicted molar refractivity (Wildman–Crippen MR) is 123 cm³/mol. The number of nitrogens with two attached hydrogens (primary N) is 1. The summed E-state index contributed by atoms with van der Waals surface area (Å²) < 4.78 is 57.3. The number of alkyl halides is 3. The molecule has 2 rings (SSSR count). The van der Waals surface area contributed by atoms with Gasteiger partial charge in [0, 0.05) is 18.5 Å². The standard InChI is InChI=1S/C18H25N5O6S.C2HF3O2/c1-2-7-30(27,28)23-15(18(25)26)10-21-16(24)9-13-8-14(22-29-13)11-3-5-12(6-4-11)17(19)20;3-2(4,5)1(6)7/h3-6,13,15,23H,2,7-10H2,1H3,(H3,19,20)(H,21,24)(H,25,26);(H,6,7)/t13?,15-;/m0./s1. The minimum absolute atomic E-state index is 0.0441. The number of rotatable bonds is 11. The van der Waals surface area contributed by atoms with Gasteiger partial charge in [-0.3, -0.25) is 15.0 Å². The molecule has 206 valence electrons. The number of sulfonamides is 1. The van der Waals surface area contributed by atoms with Gasteiger partial charge in [-0.15, -0.1) is 0 Å². The van der Waals surface area contributed by atoms with Crippen molar-refractivity contribution in [3.8, 4) is 0 Å². The van der Waals surface area contributed by atoms with Gasteiger partial charge in [-0.25, -0.2) is 13.2 Å². The SMILES string of the molecule is CCCS(=O)(=O)N[C@@H](CNC(=O)CC1CC(c2ccc(C(=N)N)cc2)=NO1)C(=O)O.O=C(O)C(F)(F)F. The monoisotopic (exact) mass is 553 g/mol. The van der Waals surface area contributed by atoms with Crippen molar-refractivity contribution < 1.29 is 51.0 Å². The number of carbonyl (C=O) groups excluding carboxylic acids is 1. The summed E-state index contributed by atoms with van der Waals surface area (Å²) in [4.78, 5) is 37.6. The minimum atomic E-state index is -5.08. The fraction of sp³-hybridized carbons (Fsp3) is 0.450. The molecule has 13 nitrogen and oxygen atoms in total. The zero-order chi connectivity index (χ0) is 28.4. The van der Waals surface area contributed by atoms with Crippen molar-refractivity contribution in [3.05, 3.63) is 35.4 Å². The summed E-state index contributed by atoms with van der Waals surface area (Å²) in [7, 11) is -3.74. The lowest BCUT2D eigenvalue weighted by atomic mass is 10.0. The third-order valence-electron chi connectivity index (χ3n) is 4.51. The number of nitrogens with one attached hydrogen (secondary N) is 3. The molecule has 1 amide bonds. The number of hydrogen-bond donors (Lipinski definition) is 6. The molecule has 2 atom stereocenters. The summed E-state index contributed by atoms with van der Waals surface area (Å²) in [5.41, 5.74) is 7.42. The molecule has 1 aromatic rings. The third-order valence-corrected chi connectivity index (χ3v) is 6.10. The molecule has 0 saturated heterocycles. The van der Waals surface area contributed by atoms with E-state index in [2.05, 4.69) is 15.2 Å². The van der Waals surface area contributed by atoms with Gasteiger partial charge in [0.2, 0.25) is 15.9 Å². The first-order chi connectivity index (χ1) is 17.1. The minimum Gasteiger partial charge on any atom is -0.480 e. The lowest BCUT2D eigenvalue weighted by Gasteiger charge is -2.16. The summed E-state index contributed by atoms with van der Waals surface area (Å²) in [6.07, 6.45) is -4.95. The lowest BCUT2D eigenvalue weighted by Crippen LogP contribution is -2.49. The zero-order valence-corrected chi connectivity index (χ0v) is 20.2. The highest BCUT2D eigenvalue weighted by Gasteiger charge is 2.38. The maximum absolute atomic E-state index is 12.1. The second-order valence-corrected chi connectivity index (χ2v) is 9.47. The van der Waals surface area contributed by atoms with E-state index in [9.17, 15) is 36.3 Å². The van der Waals surface area contributed by atoms with Gasteiger partial charge in [0.05, 0.1) is 17.9 Å². The van der Waals surface area contributed by atoms with Crippen molar-refractivity contribution in [3.63, 3.8) is 0 Å². The molecular weight excluding hydrogens is 527 g/mol. The lowest BCUT2D eigenvalue weighted by molar-refractivity contribution is -0.192. The molecule has 0 saturated carbocycles. The number of oxime groups is 1. The quantitative estimate of drug-likeness (QED) is 0.164. The average molecular weight is 554 g/mol. The number of aliphatic carboxylic acids is 2. The Balaban J connectivity index is 0.000000856. The Morgan fingerprint density at radius 3 is 2.27 bits per heavy atom. The van der Waals surface area contributed by atoms with Crippen molar-refractivity contribution in [1.29, 1.82) is 5.41 Å². The molecular formula is C20H26F3N5O8S. The Morgan fingerprint density at radius 1 is 1.24 bits per heavy atom. The van der Waals surface area contributed by atoms with E-state index >= 15 is 0 Å². The summed E-state index contributed by atoms with van der Waals surface area (Å²) in [6, 6.07) is 5.42. The molecule has 1 unspecified atom stereocenters. The van der Waals surface area contributed by atoms with Crippen LogP contribution in [0.1, 0.15) is 37.3 Å². The van der Waals surface area contributed by atoms with Gasteiger partial charge in [0.15, 0.2) is 0 Å². The van der Waals surface area contributed by atoms with Crippen LogP contribution in [0.4, 0.5) is 13.2 Å². The first kappa shape index (κ1) is 31.3. The second-order valence-electron chi connectivity index (χ2n) is 7.60. The Hall–Kier alpha value is -3.73. The highest BCUT2D eigenvalue weighted by atomic mass is 32.2. The topological polar surface area (TPSA) is 221 Å². The summed E-state index contributed by atoms with van der Waals surface area (Å²) in [5, 5.41) is 30.1. The number of nitrogen functional groups attached to an aromatic ring is 1. The molecule has 0 spiro atoms. The Labute approximate surface area is 209 Å². The Kier molecular flexibility index (Phi) is 11.5. The summed E-state index contributed by atoms with van der Waals surface area (Å²) in [6.45, 7) is 1.27. The fourth-order valence-electron chi connectivity index (χ4n) is 2.77. The van der Waals surface area contributed by atoms with E-state index < -0.39 is 46.2 Å². The van der Waals surface area contributed by atoms with Gasteiger partial charge in [-0.1, -0.05) is 36.3 Å². The van der Waals surface area contributed by atoms with Crippen LogP contribution < -0.4 is 15.8 Å². The fourth-order valence-corrected chi connectivity index (χ4v) is 4.04. The smallest absolute Gasteiger partial charge is 0.480 e. The number of hydrogen-bond acceptors (Lipinski definition) is 8. The predicted octanol–water partition coefficient (Wildman–Crippen LogP) is 0.386. The molecule has 0 fully saturated rings. The zero-order valence-electron chi connectivity index (χ0n) is 19.4. The largest absolute Gasteiger partial charge is 0.490 e. The number of benzene rings is 1. The highest BCUT2D eigenvalue weighted by Crippen LogP contribution is 2.19. The van der Waals surface area contributed by atoms with Crippen molar-refractivity contribution in [2.75, 3.05) is 12.3 Å². The van der Waals surface area contributed by atoms with Crippen LogP contribution in [-0.4, -0.2) is 78.6 Å². The Bertz CT molecular complexity index is 1120. The summed E-state index contributed by atoms with van der Waals surface area (Å²) in [5.74, 6) is -4.87. The number of carbonyl (C=O) groups is 3. The van der Waals surface area contributed by atoms with E-state index in [4.69, 9.17) is 25.9 Å². The number of nitrogens with zero attached hydrogens (tertiary/aromatic N) is 1. The van der Waals surface area contributed by atoms with Crippen LogP contribution in [-0.2, 0) is 29.2 Å². The maximum Gasteiger partial charge on any atom is 0.490 e.